The molecule has 0 radical (unpaired) electrons. The van der Waals surface area contributed by atoms with E-state index in [1.54, 1.807) is 31.1 Å². The summed E-state index contributed by atoms with van der Waals surface area (Å²) in [6, 6.07) is 5.54. The molecule has 4 heterocycles. The van der Waals surface area contributed by atoms with Crippen molar-refractivity contribution in [1.29, 1.82) is 0 Å². The first kappa shape index (κ1) is 11.6. The first-order valence-corrected chi connectivity index (χ1v) is 5.90. The Morgan fingerprint density at radius 3 is 2.47 bits per heavy atom. The third kappa shape index (κ3) is 2.38. The number of imidazole rings is 2. The lowest BCUT2D eigenvalue weighted by molar-refractivity contribution is 1.30. The molecular weight excluding hydrogens is 264 g/mol. The Kier molecular flexibility index (Phi) is 3.07. The number of fused-ring (bicyclic) bond motifs is 2. The standard InChI is InChI=1S/C6H4ClN3.C6H5N3/c7-4-1-2-8-6-5(4)9-3-10-6;1-2-5-6(7-3-1)9-4-8-5/h1-3H,(H,8,9,10);1-4H,(H,7,8,9). The number of aromatic nitrogens is 6. The van der Waals surface area contributed by atoms with Crippen LogP contribution in [-0.2, 0) is 0 Å². The second kappa shape index (κ2) is 5.03. The summed E-state index contributed by atoms with van der Waals surface area (Å²) in [4.78, 5) is 21.7. The molecule has 7 heteroatoms. The minimum absolute atomic E-state index is 0.655. The van der Waals surface area contributed by atoms with Gasteiger partial charge < -0.3 is 9.97 Å². The van der Waals surface area contributed by atoms with Crippen molar-refractivity contribution in [3.63, 3.8) is 0 Å². The van der Waals surface area contributed by atoms with Crippen LogP contribution in [0, 0.1) is 0 Å². The van der Waals surface area contributed by atoms with Crippen molar-refractivity contribution in [3.8, 4) is 0 Å². The van der Waals surface area contributed by atoms with E-state index in [1.165, 1.54) is 0 Å². The van der Waals surface area contributed by atoms with Gasteiger partial charge in [0.1, 0.15) is 5.52 Å². The van der Waals surface area contributed by atoms with Gasteiger partial charge in [-0.2, -0.15) is 0 Å². The van der Waals surface area contributed by atoms with Crippen LogP contribution in [-0.4, -0.2) is 29.9 Å². The van der Waals surface area contributed by atoms with Crippen molar-refractivity contribution in [1.82, 2.24) is 29.9 Å². The van der Waals surface area contributed by atoms with Crippen LogP contribution >= 0.6 is 11.6 Å². The maximum atomic E-state index is 5.79. The minimum Gasteiger partial charge on any atom is -0.343 e. The first-order chi connectivity index (χ1) is 9.34. The van der Waals surface area contributed by atoms with E-state index in [9.17, 15) is 0 Å². The van der Waals surface area contributed by atoms with Crippen molar-refractivity contribution in [2.75, 3.05) is 0 Å². The molecule has 4 rings (SSSR count). The number of halogens is 1. The molecule has 4 aromatic rings. The summed E-state index contributed by atoms with van der Waals surface area (Å²) in [5.41, 5.74) is 3.21. The van der Waals surface area contributed by atoms with Crippen LogP contribution in [0.4, 0.5) is 0 Å². The first-order valence-electron chi connectivity index (χ1n) is 5.52. The van der Waals surface area contributed by atoms with Crippen LogP contribution in [0.3, 0.4) is 0 Å². The Hall–Kier alpha value is -2.47. The summed E-state index contributed by atoms with van der Waals surface area (Å²) in [6.07, 6.45) is 6.57. The second-order valence-electron chi connectivity index (χ2n) is 3.67. The number of rotatable bonds is 0. The van der Waals surface area contributed by atoms with E-state index in [4.69, 9.17) is 11.6 Å². The molecule has 0 aliphatic heterocycles. The third-order valence-electron chi connectivity index (χ3n) is 2.47. The molecule has 94 valence electrons. The number of hydrogen-bond acceptors (Lipinski definition) is 4. The molecule has 0 fully saturated rings. The van der Waals surface area contributed by atoms with E-state index in [-0.39, 0.29) is 0 Å². The Labute approximate surface area is 112 Å². The van der Waals surface area contributed by atoms with Gasteiger partial charge in [0, 0.05) is 12.4 Å². The topological polar surface area (TPSA) is 83.1 Å². The summed E-state index contributed by atoms with van der Waals surface area (Å²) in [7, 11) is 0. The van der Waals surface area contributed by atoms with Crippen molar-refractivity contribution in [3.05, 3.63) is 48.3 Å². The molecule has 0 amide bonds. The SMILES string of the molecule is Clc1ccnc2nc[nH]c12.c1cnc2nc[nH]c2c1. The lowest BCUT2D eigenvalue weighted by atomic mass is 10.4. The number of H-pyrrole nitrogens is 2. The summed E-state index contributed by atoms with van der Waals surface area (Å²) in [5.74, 6) is 0. The fourth-order valence-corrected chi connectivity index (χ4v) is 1.79. The number of pyridine rings is 2. The largest absolute Gasteiger partial charge is 0.343 e. The quantitative estimate of drug-likeness (QED) is 0.515. The fourth-order valence-electron chi connectivity index (χ4n) is 1.59. The monoisotopic (exact) mass is 272 g/mol. The highest BCUT2D eigenvalue weighted by molar-refractivity contribution is 6.34. The van der Waals surface area contributed by atoms with Crippen LogP contribution < -0.4 is 0 Å². The Bertz CT molecular complexity index is 776. The van der Waals surface area contributed by atoms with Crippen LogP contribution in [0.1, 0.15) is 0 Å². The molecule has 0 saturated heterocycles. The van der Waals surface area contributed by atoms with Crippen molar-refractivity contribution < 1.29 is 0 Å². The summed E-state index contributed by atoms with van der Waals surface area (Å²) in [6.45, 7) is 0. The number of nitrogens with one attached hydrogen (secondary N) is 2. The predicted molar refractivity (Wildman–Crippen MR) is 72.8 cm³/mol. The van der Waals surface area contributed by atoms with Crippen LogP contribution in [0.15, 0.2) is 43.2 Å². The fraction of sp³-hybridized carbons (Fsp3) is 0. The number of hydrogen-bond donors (Lipinski definition) is 2. The molecule has 0 unspecified atom stereocenters. The minimum atomic E-state index is 0.655. The van der Waals surface area contributed by atoms with Crippen LogP contribution in [0.5, 0.6) is 0 Å². The van der Waals surface area contributed by atoms with Gasteiger partial charge in [-0.3, -0.25) is 0 Å². The molecule has 4 aromatic heterocycles. The third-order valence-corrected chi connectivity index (χ3v) is 2.78. The zero-order valence-corrected chi connectivity index (χ0v) is 10.5. The Balaban J connectivity index is 0.000000117. The van der Waals surface area contributed by atoms with Gasteiger partial charge in [-0.25, -0.2) is 19.9 Å². The van der Waals surface area contributed by atoms with Gasteiger partial charge in [0.05, 0.1) is 23.2 Å². The van der Waals surface area contributed by atoms with Crippen molar-refractivity contribution in [2.24, 2.45) is 0 Å². The smallest absolute Gasteiger partial charge is 0.178 e. The molecule has 0 atom stereocenters. The van der Waals surface area contributed by atoms with E-state index >= 15 is 0 Å². The van der Waals surface area contributed by atoms with E-state index < -0.39 is 0 Å². The molecule has 0 saturated carbocycles. The normalized spacial score (nSPS) is 10.4. The number of nitrogens with zero attached hydrogens (tertiary/aromatic N) is 4. The highest BCUT2D eigenvalue weighted by atomic mass is 35.5. The molecule has 0 aliphatic carbocycles. The second-order valence-corrected chi connectivity index (χ2v) is 4.08. The molecular formula is C12H9ClN6. The average molecular weight is 273 g/mol. The van der Waals surface area contributed by atoms with Crippen LogP contribution in [0.2, 0.25) is 5.02 Å². The van der Waals surface area contributed by atoms with Gasteiger partial charge in [-0.05, 0) is 18.2 Å². The van der Waals surface area contributed by atoms with E-state index in [0.717, 1.165) is 16.7 Å². The number of aromatic amines is 2. The zero-order valence-electron chi connectivity index (χ0n) is 9.71. The summed E-state index contributed by atoms with van der Waals surface area (Å²) in [5, 5.41) is 0.655. The van der Waals surface area contributed by atoms with E-state index in [2.05, 4.69) is 29.9 Å². The van der Waals surface area contributed by atoms with Gasteiger partial charge in [0.15, 0.2) is 11.3 Å². The summed E-state index contributed by atoms with van der Waals surface area (Å²) < 4.78 is 0. The van der Waals surface area contributed by atoms with Gasteiger partial charge in [0.2, 0.25) is 0 Å². The van der Waals surface area contributed by atoms with Gasteiger partial charge in [0.25, 0.3) is 0 Å². The van der Waals surface area contributed by atoms with Gasteiger partial charge >= 0.3 is 0 Å². The molecule has 0 bridgehead atoms. The van der Waals surface area contributed by atoms with E-state index in [1.807, 2.05) is 12.1 Å². The lowest BCUT2D eigenvalue weighted by Gasteiger charge is -1.87. The highest BCUT2D eigenvalue weighted by Crippen LogP contribution is 2.16. The van der Waals surface area contributed by atoms with E-state index in [0.29, 0.717) is 10.7 Å². The molecule has 6 nitrogen and oxygen atoms in total. The van der Waals surface area contributed by atoms with Crippen molar-refractivity contribution in [2.45, 2.75) is 0 Å². The van der Waals surface area contributed by atoms with Gasteiger partial charge in [-0.1, -0.05) is 11.6 Å². The molecule has 0 spiro atoms. The predicted octanol–water partition coefficient (Wildman–Crippen LogP) is 2.57. The highest BCUT2D eigenvalue weighted by Gasteiger charge is 1.98. The molecule has 2 N–H and O–H groups in total. The zero-order chi connectivity index (χ0) is 13.1. The molecule has 0 aliphatic rings. The maximum absolute atomic E-state index is 5.79. The average Bonchev–Trinajstić information content (AvgIpc) is 3.08. The maximum Gasteiger partial charge on any atom is 0.178 e. The van der Waals surface area contributed by atoms with Crippen molar-refractivity contribution >= 4 is 33.9 Å². The van der Waals surface area contributed by atoms with Gasteiger partial charge in [-0.15, -0.1) is 0 Å². The summed E-state index contributed by atoms with van der Waals surface area (Å²) >= 11 is 5.79. The molecule has 0 aromatic carbocycles. The molecule has 19 heavy (non-hydrogen) atoms. The Morgan fingerprint density at radius 2 is 1.63 bits per heavy atom. The Morgan fingerprint density at radius 1 is 0.842 bits per heavy atom. The van der Waals surface area contributed by atoms with Crippen LogP contribution in [0.25, 0.3) is 22.3 Å². The lowest BCUT2D eigenvalue weighted by Crippen LogP contribution is -1.74.